The van der Waals surface area contributed by atoms with E-state index in [-0.39, 0.29) is 5.91 Å². The number of hydrogen-bond acceptors (Lipinski definition) is 8. The Balaban J connectivity index is 1.63. The van der Waals surface area contributed by atoms with Crippen LogP contribution in [0.15, 0.2) is 37.2 Å². The van der Waals surface area contributed by atoms with E-state index in [9.17, 15) is 4.79 Å². The number of nitrogens with zero attached hydrogens (tertiary/aromatic N) is 5. The fourth-order valence-corrected chi connectivity index (χ4v) is 4.37. The summed E-state index contributed by atoms with van der Waals surface area (Å²) in [5, 5.41) is 19.0. The Morgan fingerprint density at radius 3 is 2.85 bits per heavy atom. The van der Waals surface area contributed by atoms with Crippen molar-refractivity contribution >= 4 is 51.0 Å². The molecule has 142 valence electrons. The fourth-order valence-electron chi connectivity index (χ4n) is 2.23. The van der Waals surface area contributed by atoms with Crippen LogP contribution in [0.4, 0.5) is 5.69 Å². The number of carbonyl (C=O) groups is 1. The Labute approximate surface area is 173 Å². The van der Waals surface area contributed by atoms with Crippen molar-refractivity contribution in [3.8, 4) is 0 Å². The number of carbonyl (C=O) groups excluding carboxylic acids is 1. The van der Waals surface area contributed by atoms with Crippen molar-refractivity contribution in [2.45, 2.75) is 29.7 Å². The number of amides is 1. The molecule has 11 heteroatoms. The summed E-state index contributed by atoms with van der Waals surface area (Å²) in [4.78, 5) is 13.3. The molecule has 0 aliphatic carbocycles. The van der Waals surface area contributed by atoms with E-state index < -0.39 is 0 Å². The van der Waals surface area contributed by atoms with Crippen molar-refractivity contribution in [3.63, 3.8) is 0 Å². The molecule has 0 unspecified atom stereocenters. The number of benzene rings is 1. The van der Waals surface area contributed by atoms with E-state index in [1.807, 2.05) is 32.0 Å². The molecule has 0 bridgehead atoms. The van der Waals surface area contributed by atoms with Gasteiger partial charge in [0.2, 0.25) is 11.1 Å². The first-order chi connectivity index (χ1) is 12.9. The van der Waals surface area contributed by atoms with Crippen LogP contribution in [0.1, 0.15) is 17.0 Å². The zero-order chi connectivity index (χ0) is 19.4. The zero-order valence-corrected chi connectivity index (χ0v) is 18.1. The van der Waals surface area contributed by atoms with Crippen LogP contribution in [0.2, 0.25) is 0 Å². The molecule has 0 spiro atoms. The summed E-state index contributed by atoms with van der Waals surface area (Å²) in [6, 6.07) is 5.69. The highest BCUT2D eigenvalue weighted by atomic mass is 79.9. The quantitative estimate of drug-likeness (QED) is 0.561. The predicted molar refractivity (Wildman–Crippen MR) is 108 cm³/mol. The van der Waals surface area contributed by atoms with Crippen LogP contribution in [0.25, 0.3) is 0 Å². The lowest BCUT2D eigenvalue weighted by Crippen LogP contribution is -2.15. The number of halogens is 1. The van der Waals surface area contributed by atoms with Crippen LogP contribution < -0.4 is 5.32 Å². The molecule has 0 fully saturated rings. The average molecular weight is 469 g/mol. The van der Waals surface area contributed by atoms with E-state index in [0.29, 0.717) is 22.3 Å². The molecule has 0 saturated heterocycles. The first kappa shape index (κ1) is 19.9. The second-order valence-corrected chi connectivity index (χ2v) is 8.58. The standard InChI is InChI=1S/C16H17BrN6O2S2/c1-9-12(10(2)25-20-9)7-26-8-15(24)18-13-6-11(17)4-5-14(13)27-16-19-21-22-23(16)3/h4-6H,7-8H2,1-3H3,(H,18,24). The number of hydrogen-bond donors (Lipinski definition) is 1. The van der Waals surface area contributed by atoms with Crippen molar-refractivity contribution in [1.82, 2.24) is 25.4 Å². The summed E-state index contributed by atoms with van der Waals surface area (Å²) in [5.41, 5.74) is 2.62. The number of thioether (sulfide) groups is 1. The van der Waals surface area contributed by atoms with E-state index in [0.717, 1.165) is 26.4 Å². The highest BCUT2D eigenvalue weighted by molar-refractivity contribution is 9.10. The second kappa shape index (κ2) is 8.89. The monoisotopic (exact) mass is 468 g/mol. The SMILES string of the molecule is Cc1noc(C)c1CSCC(=O)Nc1cc(Br)ccc1Sc1nnnn1C. The third kappa shape index (κ3) is 5.11. The molecular weight excluding hydrogens is 452 g/mol. The van der Waals surface area contributed by atoms with Gasteiger partial charge in [-0.1, -0.05) is 21.1 Å². The van der Waals surface area contributed by atoms with Crippen molar-refractivity contribution in [3.05, 3.63) is 39.7 Å². The van der Waals surface area contributed by atoms with Gasteiger partial charge in [-0.25, -0.2) is 4.68 Å². The molecule has 2 heterocycles. The van der Waals surface area contributed by atoms with Gasteiger partial charge in [0.25, 0.3) is 0 Å². The maximum absolute atomic E-state index is 12.4. The third-order valence-corrected chi connectivity index (χ3v) is 6.22. The molecule has 27 heavy (non-hydrogen) atoms. The molecule has 8 nitrogen and oxygen atoms in total. The highest BCUT2D eigenvalue weighted by Crippen LogP contribution is 2.34. The van der Waals surface area contributed by atoms with E-state index in [1.54, 1.807) is 11.7 Å². The number of rotatable bonds is 7. The lowest BCUT2D eigenvalue weighted by Gasteiger charge is -2.11. The van der Waals surface area contributed by atoms with Gasteiger partial charge in [-0.2, -0.15) is 0 Å². The molecule has 2 aromatic heterocycles. The van der Waals surface area contributed by atoms with Crippen LogP contribution in [0.3, 0.4) is 0 Å². The number of nitrogens with one attached hydrogen (secondary N) is 1. The first-order valence-corrected chi connectivity index (χ1v) is 10.7. The summed E-state index contributed by atoms with van der Waals surface area (Å²) in [7, 11) is 1.77. The number of aryl methyl sites for hydroxylation is 3. The summed E-state index contributed by atoms with van der Waals surface area (Å²) >= 11 is 6.35. The molecule has 1 amide bonds. The van der Waals surface area contributed by atoms with E-state index in [1.165, 1.54) is 23.5 Å². The minimum absolute atomic E-state index is 0.0807. The van der Waals surface area contributed by atoms with E-state index >= 15 is 0 Å². The second-order valence-electron chi connectivity index (χ2n) is 5.67. The molecule has 3 aromatic rings. The first-order valence-electron chi connectivity index (χ1n) is 7.93. The van der Waals surface area contributed by atoms with Crippen molar-refractivity contribution < 1.29 is 9.32 Å². The Hall–Kier alpha value is -1.85. The summed E-state index contributed by atoms with van der Waals surface area (Å²) in [6.45, 7) is 3.78. The largest absolute Gasteiger partial charge is 0.361 e. The summed E-state index contributed by atoms with van der Waals surface area (Å²) < 4.78 is 7.60. The average Bonchev–Trinajstić information content (AvgIpc) is 3.17. The lowest BCUT2D eigenvalue weighted by molar-refractivity contribution is -0.113. The van der Waals surface area contributed by atoms with Crippen LogP contribution in [0.5, 0.6) is 0 Å². The smallest absolute Gasteiger partial charge is 0.234 e. The molecular formula is C16H17BrN6O2S2. The van der Waals surface area contributed by atoms with Gasteiger partial charge in [-0.3, -0.25) is 4.79 Å². The van der Waals surface area contributed by atoms with Gasteiger partial charge < -0.3 is 9.84 Å². The van der Waals surface area contributed by atoms with Crippen LogP contribution in [0, 0.1) is 13.8 Å². The molecule has 0 aliphatic rings. The number of aromatic nitrogens is 5. The lowest BCUT2D eigenvalue weighted by atomic mass is 10.2. The van der Waals surface area contributed by atoms with Crippen LogP contribution in [-0.4, -0.2) is 37.0 Å². The molecule has 1 aromatic carbocycles. The van der Waals surface area contributed by atoms with Gasteiger partial charge in [-0.15, -0.1) is 16.9 Å². The van der Waals surface area contributed by atoms with Crippen LogP contribution >= 0.6 is 39.5 Å². The summed E-state index contributed by atoms with van der Waals surface area (Å²) in [6.07, 6.45) is 0. The Bertz CT molecular complexity index is 939. The van der Waals surface area contributed by atoms with Gasteiger partial charge in [0.15, 0.2) is 0 Å². The predicted octanol–water partition coefficient (Wildman–Crippen LogP) is 3.60. The third-order valence-electron chi connectivity index (χ3n) is 3.66. The van der Waals surface area contributed by atoms with Crippen molar-refractivity contribution in [2.75, 3.05) is 11.1 Å². The molecule has 3 rings (SSSR count). The number of anilines is 1. The highest BCUT2D eigenvalue weighted by Gasteiger charge is 2.14. The van der Waals surface area contributed by atoms with E-state index in [4.69, 9.17) is 4.52 Å². The minimum Gasteiger partial charge on any atom is -0.361 e. The van der Waals surface area contributed by atoms with Crippen molar-refractivity contribution in [2.24, 2.45) is 7.05 Å². The van der Waals surface area contributed by atoms with Gasteiger partial charge in [-0.05, 0) is 54.2 Å². The molecule has 1 N–H and O–H groups in total. The Kier molecular flexibility index (Phi) is 6.55. The minimum atomic E-state index is -0.0807. The topological polar surface area (TPSA) is 98.7 Å². The van der Waals surface area contributed by atoms with Crippen LogP contribution in [-0.2, 0) is 17.6 Å². The fraction of sp³-hybridized carbons (Fsp3) is 0.312. The number of tetrazole rings is 1. The molecule has 0 saturated carbocycles. The maximum Gasteiger partial charge on any atom is 0.234 e. The van der Waals surface area contributed by atoms with Crippen molar-refractivity contribution in [1.29, 1.82) is 0 Å². The van der Waals surface area contributed by atoms with Gasteiger partial charge in [0, 0.05) is 27.7 Å². The maximum atomic E-state index is 12.4. The Morgan fingerprint density at radius 2 is 2.19 bits per heavy atom. The Morgan fingerprint density at radius 1 is 1.37 bits per heavy atom. The van der Waals surface area contributed by atoms with Gasteiger partial charge in [0.1, 0.15) is 5.76 Å². The molecule has 0 radical (unpaired) electrons. The molecule has 0 aliphatic heterocycles. The van der Waals surface area contributed by atoms with Gasteiger partial charge in [0.05, 0.1) is 17.1 Å². The summed E-state index contributed by atoms with van der Waals surface area (Å²) in [5.74, 6) is 1.72. The van der Waals surface area contributed by atoms with E-state index in [2.05, 4.69) is 41.9 Å². The normalized spacial score (nSPS) is 11.0. The van der Waals surface area contributed by atoms with Gasteiger partial charge >= 0.3 is 0 Å². The molecule has 0 atom stereocenters. The zero-order valence-electron chi connectivity index (χ0n) is 14.9.